The number of hydrogen-bond donors (Lipinski definition) is 1. The van der Waals surface area contributed by atoms with Gasteiger partial charge in [0.05, 0.1) is 0 Å². The van der Waals surface area contributed by atoms with Gasteiger partial charge in [-0.05, 0) is 5.41 Å². The summed E-state index contributed by atoms with van der Waals surface area (Å²) in [6, 6.07) is 0. The molecule has 0 aliphatic rings. The van der Waals surface area contributed by atoms with Crippen LogP contribution in [0.15, 0.2) is 0 Å². The maximum atomic E-state index is 3.52. The summed E-state index contributed by atoms with van der Waals surface area (Å²) < 4.78 is 0. The second kappa shape index (κ2) is 2.31. The average Bonchev–Trinajstić information content (AvgIpc) is 1.30. The van der Waals surface area contributed by atoms with Crippen molar-refractivity contribution in [2.24, 2.45) is 5.41 Å². The first-order valence-electron chi connectivity index (χ1n) is 2.56. The largest absolute Gasteiger partial charge is 0.315 e. The summed E-state index contributed by atoms with van der Waals surface area (Å²) >= 11 is 0. The van der Waals surface area contributed by atoms with E-state index in [4.69, 9.17) is 0 Å². The van der Waals surface area contributed by atoms with Gasteiger partial charge in [0.1, 0.15) is 0 Å². The van der Waals surface area contributed by atoms with Crippen molar-refractivity contribution in [1.29, 1.82) is 0 Å². The molecule has 0 aliphatic heterocycles. The third-order valence-electron chi connectivity index (χ3n) is 0.655. The number of hydrogen-bond acceptors (Lipinski definition) is 1. The molecule has 0 spiro atoms. The minimum Gasteiger partial charge on any atom is -0.315 e. The molecule has 0 unspecified atom stereocenters. The smallest absolute Gasteiger partial charge is 0.00769 e. The van der Waals surface area contributed by atoms with Gasteiger partial charge in [0, 0.05) is 13.6 Å². The zero-order valence-corrected chi connectivity index (χ0v) is 5.41. The van der Waals surface area contributed by atoms with Crippen molar-refractivity contribution in [3.05, 3.63) is 7.05 Å². The van der Waals surface area contributed by atoms with Crippen LogP contribution in [-0.2, 0) is 0 Å². The van der Waals surface area contributed by atoms with Crippen molar-refractivity contribution >= 4 is 0 Å². The highest BCUT2D eigenvalue weighted by Gasteiger charge is 2.06. The van der Waals surface area contributed by atoms with Gasteiger partial charge in [-0.25, -0.2) is 0 Å². The quantitative estimate of drug-likeness (QED) is 0.525. The molecule has 1 heteroatoms. The molecule has 0 saturated heterocycles. The molecule has 0 amide bonds. The molecule has 0 heterocycles. The normalized spacial score (nSPS) is 12.0. The topological polar surface area (TPSA) is 12.0 Å². The third-order valence-corrected chi connectivity index (χ3v) is 0.655. The summed E-state index contributed by atoms with van der Waals surface area (Å²) in [6.45, 7) is 7.49. The molecule has 43 valence electrons. The third kappa shape index (κ3) is 5.96. The predicted molar refractivity (Wildman–Crippen MR) is 32.8 cm³/mol. The summed E-state index contributed by atoms with van der Waals surface area (Å²) in [4.78, 5) is 0. The van der Waals surface area contributed by atoms with Crippen LogP contribution in [0, 0.1) is 12.5 Å². The van der Waals surface area contributed by atoms with Gasteiger partial charge < -0.3 is 5.32 Å². The Hall–Kier alpha value is -0.0400. The van der Waals surface area contributed by atoms with Gasteiger partial charge in [0.25, 0.3) is 0 Å². The summed E-state index contributed by atoms with van der Waals surface area (Å²) in [6.07, 6.45) is 0. The van der Waals surface area contributed by atoms with E-state index in [1.165, 1.54) is 0 Å². The van der Waals surface area contributed by atoms with Crippen molar-refractivity contribution in [2.75, 3.05) is 6.54 Å². The lowest BCUT2D eigenvalue weighted by atomic mass is 9.97. The first-order chi connectivity index (χ1) is 3.06. The van der Waals surface area contributed by atoms with E-state index >= 15 is 0 Å². The fraction of sp³-hybridized carbons (Fsp3) is 0.833. The zero-order chi connectivity index (χ0) is 5.91. The maximum Gasteiger partial charge on any atom is 0.00769 e. The summed E-state index contributed by atoms with van der Waals surface area (Å²) in [5.41, 5.74) is 0.377. The van der Waals surface area contributed by atoms with E-state index in [-0.39, 0.29) is 0 Å². The van der Waals surface area contributed by atoms with Gasteiger partial charge in [0.15, 0.2) is 0 Å². The molecule has 0 fully saturated rings. The summed E-state index contributed by atoms with van der Waals surface area (Å²) in [5, 5.41) is 2.86. The van der Waals surface area contributed by atoms with Gasteiger partial charge in [-0.15, -0.1) is 0 Å². The molecule has 1 nitrogen and oxygen atoms in total. The van der Waals surface area contributed by atoms with Gasteiger partial charge in [-0.3, -0.25) is 0 Å². The molecular weight excluding hydrogens is 86.1 g/mol. The van der Waals surface area contributed by atoms with Crippen molar-refractivity contribution in [3.63, 3.8) is 0 Å². The monoisotopic (exact) mass is 100 g/mol. The molecule has 1 N–H and O–H groups in total. The Morgan fingerprint density at radius 2 is 1.86 bits per heavy atom. The minimum absolute atomic E-state index is 0.377. The number of nitrogens with one attached hydrogen (secondary N) is 1. The average molecular weight is 100 g/mol. The minimum atomic E-state index is 0.377. The molecule has 0 aromatic carbocycles. The van der Waals surface area contributed by atoms with E-state index in [0.717, 1.165) is 6.54 Å². The fourth-order valence-corrected chi connectivity index (χ4v) is 0.375. The van der Waals surface area contributed by atoms with E-state index in [1.54, 1.807) is 0 Å². The van der Waals surface area contributed by atoms with Crippen LogP contribution in [0.25, 0.3) is 0 Å². The molecule has 0 aromatic heterocycles. The van der Waals surface area contributed by atoms with Crippen LogP contribution in [-0.4, -0.2) is 6.54 Å². The lowest BCUT2D eigenvalue weighted by molar-refractivity contribution is 0.401. The van der Waals surface area contributed by atoms with E-state index in [9.17, 15) is 0 Å². The van der Waals surface area contributed by atoms with E-state index < -0.39 is 0 Å². The van der Waals surface area contributed by atoms with E-state index in [2.05, 4.69) is 33.1 Å². The highest BCUT2D eigenvalue weighted by atomic mass is 14.8. The summed E-state index contributed by atoms with van der Waals surface area (Å²) in [5.74, 6) is 0. The van der Waals surface area contributed by atoms with Gasteiger partial charge in [-0.2, -0.15) is 0 Å². The van der Waals surface area contributed by atoms with Crippen LogP contribution in [0.2, 0.25) is 0 Å². The maximum absolute atomic E-state index is 3.52. The van der Waals surface area contributed by atoms with E-state index in [0.29, 0.717) is 5.41 Å². The van der Waals surface area contributed by atoms with Crippen LogP contribution in [0.1, 0.15) is 20.8 Å². The Balaban J connectivity index is 3.15. The molecule has 7 heavy (non-hydrogen) atoms. The highest BCUT2D eigenvalue weighted by Crippen LogP contribution is 2.09. The Labute approximate surface area is 46.1 Å². The van der Waals surface area contributed by atoms with Crippen molar-refractivity contribution in [3.8, 4) is 0 Å². The van der Waals surface area contributed by atoms with Crippen LogP contribution in [0.5, 0.6) is 0 Å². The fourth-order valence-electron chi connectivity index (χ4n) is 0.375. The molecule has 0 bridgehead atoms. The number of rotatable bonds is 1. The second-order valence-corrected chi connectivity index (χ2v) is 2.99. The first kappa shape index (κ1) is 6.96. The van der Waals surface area contributed by atoms with Gasteiger partial charge in [0.2, 0.25) is 0 Å². The molecule has 0 aromatic rings. The van der Waals surface area contributed by atoms with Crippen LogP contribution in [0.4, 0.5) is 0 Å². The lowest BCUT2D eigenvalue weighted by Gasteiger charge is -2.15. The van der Waals surface area contributed by atoms with E-state index in [1.807, 2.05) is 0 Å². The standard InChI is InChI=1S/C6H14N/c1-6(2,3)5-7-4/h7H,4-5H2,1-3H3. The van der Waals surface area contributed by atoms with Crippen molar-refractivity contribution < 1.29 is 0 Å². The summed E-state index contributed by atoms with van der Waals surface area (Å²) in [7, 11) is 3.52. The molecule has 0 rings (SSSR count). The van der Waals surface area contributed by atoms with Crippen LogP contribution < -0.4 is 5.32 Å². The SMILES string of the molecule is [CH2]NCC(C)(C)C. The highest BCUT2D eigenvalue weighted by molar-refractivity contribution is 4.63. The molecule has 0 aliphatic carbocycles. The predicted octanol–water partition coefficient (Wildman–Crippen LogP) is 1.41. The van der Waals surface area contributed by atoms with Gasteiger partial charge >= 0.3 is 0 Å². The second-order valence-electron chi connectivity index (χ2n) is 2.99. The Morgan fingerprint density at radius 1 is 1.43 bits per heavy atom. The Morgan fingerprint density at radius 3 is 1.86 bits per heavy atom. The molecule has 1 radical (unpaired) electrons. The first-order valence-corrected chi connectivity index (χ1v) is 2.56. The molecule has 0 saturated carbocycles. The zero-order valence-electron chi connectivity index (χ0n) is 5.41. The van der Waals surface area contributed by atoms with Crippen LogP contribution >= 0.6 is 0 Å². The van der Waals surface area contributed by atoms with Gasteiger partial charge in [-0.1, -0.05) is 20.8 Å². The van der Waals surface area contributed by atoms with Crippen molar-refractivity contribution in [1.82, 2.24) is 5.32 Å². The molecule has 0 atom stereocenters. The Bertz CT molecular complexity index is 42.6. The van der Waals surface area contributed by atoms with Crippen molar-refractivity contribution in [2.45, 2.75) is 20.8 Å². The van der Waals surface area contributed by atoms with Crippen LogP contribution in [0.3, 0.4) is 0 Å². The lowest BCUT2D eigenvalue weighted by Crippen LogP contribution is -2.21. The Kier molecular flexibility index (Phi) is 2.30. The molecular formula is C6H14N.